The molecule has 0 saturated carbocycles. The predicted molar refractivity (Wildman–Crippen MR) is 141 cm³/mol. The third kappa shape index (κ3) is 4.69. The number of imide groups is 1. The molecular weight excluding hydrogens is 524 g/mol. The minimum absolute atomic E-state index is 0.151. The van der Waals surface area contributed by atoms with Crippen LogP contribution in [-0.2, 0) is 13.1 Å². The molecule has 0 aliphatic carbocycles. The van der Waals surface area contributed by atoms with Crippen molar-refractivity contribution in [1.29, 1.82) is 0 Å². The first-order valence-corrected chi connectivity index (χ1v) is 12.2. The van der Waals surface area contributed by atoms with Crippen molar-refractivity contribution < 1.29 is 19.3 Å². The zero-order chi connectivity index (χ0) is 27.8. The first-order valence-electron chi connectivity index (χ1n) is 11.8. The van der Waals surface area contributed by atoms with Crippen LogP contribution in [0.2, 0.25) is 5.02 Å². The number of hydrogen-bond donors (Lipinski definition) is 0. The smallest absolute Gasteiger partial charge is 0.282 e. The summed E-state index contributed by atoms with van der Waals surface area (Å²) >= 11 is 5.98. The molecule has 0 unspecified atom stereocenters. The molecule has 4 aromatic rings. The second-order valence-electron chi connectivity index (χ2n) is 9.11. The molecule has 0 radical (unpaired) electrons. The number of carbonyl (C=O) groups is 3. The number of nitro groups is 1. The maximum Gasteiger partial charge on any atom is 0.282 e. The number of fused-ring (bicyclic) bond motifs is 1. The Labute approximate surface area is 227 Å². The van der Waals surface area contributed by atoms with Crippen molar-refractivity contribution in [1.82, 2.24) is 24.6 Å². The number of ketones is 1. The van der Waals surface area contributed by atoms with Gasteiger partial charge in [-0.3, -0.25) is 34.0 Å². The Morgan fingerprint density at radius 1 is 0.923 bits per heavy atom. The molecule has 1 aromatic heterocycles. The number of carbonyl (C=O) groups excluding carboxylic acids is 3. The summed E-state index contributed by atoms with van der Waals surface area (Å²) in [6, 6.07) is 16.7. The Bertz CT molecular complexity index is 1610. The maximum atomic E-state index is 13.7. The SMILES string of the molecule is CN(C)Cc1nnc(CN2C(=O)c3ccccc3C2=O)n1-c1cccc([N+](=O)[O-])c1C(=O)c1ccc(Cl)cc1. The first-order chi connectivity index (χ1) is 18.7. The maximum absolute atomic E-state index is 13.7. The minimum Gasteiger partial charge on any atom is -0.302 e. The van der Waals surface area contributed by atoms with Crippen molar-refractivity contribution >= 4 is 34.9 Å². The van der Waals surface area contributed by atoms with Gasteiger partial charge in [0.15, 0.2) is 11.6 Å². The molecular formula is C27H21ClN6O5. The topological polar surface area (TPSA) is 132 Å². The predicted octanol–water partition coefficient (Wildman–Crippen LogP) is 3.92. The van der Waals surface area contributed by atoms with Gasteiger partial charge in [-0.25, -0.2) is 0 Å². The van der Waals surface area contributed by atoms with Crippen LogP contribution in [0.25, 0.3) is 5.69 Å². The van der Waals surface area contributed by atoms with Gasteiger partial charge in [0.05, 0.1) is 34.8 Å². The summed E-state index contributed by atoms with van der Waals surface area (Å²) in [6.45, 7) is -0.00354. The first kappa shape index (κ1) is 25.9. The summed E-state index contributed by atoms with van der Waals surface area (Å²) < 4.78 is 1.50. The standard InChI is InChI=1S/C27H21ClN6O5/c1-31(2)14-22-29-30-23(15-32-26(36)18-6-3-4-7-19(18)27(32)37)33(22)20-8-5-9-21(34(38)39)24(20)25(35)16-10-12-17(28)13-11-16/h3-13H,14-15H2,1-2H3. The van der Waals surface area contributed by atoms with Gasteiger partial charge >= 0.3 is 0 Å². The van der Waals surface area contributed by atoms with Crippen LogP contribution in [-0.4, -0.2) is 61.2 Å². The second kappa shape index (κ2) is 10.2. The van der Waals surface area contributed by atoms with Gasteiger partial charge in [-0.1, -0.05) is 29.8 Å². The van der Waals surface area contributed by atoms with Crippen LogP contribution in [0.5, 0.6) is 0 Å². The van der Waals surface area contributed by atoms with Gasteiger partial charge < -0.3 is 4.90 Å². The average Bonchev–Trinajstić information content (AvgIpc) is 3.41. The highest BCUT2D eigenvalue weighted by molar-refractivity contribution is 6.30. The van der Waals surface area contributed by atoms with Gasteiger partial charge in [0.1, 0.15) is 5.56 Å². The number of nitro benzene ring substituents is 1. The van der Waals surface area contributed by atoms with Gasteiger partial charge in [-0.2, -0.15) is 0 Å². The van der Waals surface area contributed by atoms with Crippen molar-refractivity contribution in [2.45, 2.75) is 13.1 Å². The molecule has 11 nitrogen and oxygen atoms in total. The Hall–Kier alpha value is -4.74. The van der Waals surface area contributed by atoms with Crippen molar-refractivity contribution in [3.63, 3.8) is 0 Å². The molecule has 0 atom stereocenters. The highest BCUT2D eigenvalue weighted by Crippen LogP contribution is 2.31. The quantitative estimate of drug-likeness (QED) is 0.141. The average molecular weight is 545 g/mol. The van der Waals surface area contributed by atoms with Crippen molar-refractivity contribution in [3.8, 4) is 5.69 Å². The Morgan fingerprint density at radius 2 is 1.54 bits per heavy atom. The molecule has 2 heterocycles. The number of halogens is 1. The fourth-order valence-corrected chi connectivity index (χ4v) is 4.61. The summed E-state index contributed by atoms with van der Waals surface area (Å²) in [5.41, 5.74) is 0.292. The van der Waals surface area contributed by atoms with Gasteiger partial charge in [-0.05, 0) is 56.6 Å². The van der Waals surface area contributed by atoms with Crippen LogP contribution in [0.4, 0.5) is 5.69 Å². The molecule has 0 N–H and O–H groups in total. The number of rotatable bonds is 8. The molecule has 0 bridgehead atoms. The van der Waals surface area contributed by atoms with E-state index in [9.17, 15) is 24.5 Å². The molecule has 0 spiro atoms. The molecule has 1 aliphatic heterocycles. The highest BCUT2D eigenvalue weighted by atomic mass is 35.5. The van der Waals surface area contributed by atoms with Crippen molar-refractivity contribution in [2.75, 3.05) is 14.1 Å². The van der Waals surface area contributed by atoms with Gasteiger partial charge in [0.25, 0.3) is 17.5 Å². The fraction of sp³-hybridized carbons (Fsp3) is 0.148. The van der Waals surface area contributed by atoms with E-state index >= 15 is 0 Å². The molecule has 5 rings (SSSR count). The van der Waals surface area contributed by atoms with E-state index in [1.54, 1.807) is 44.4 Å². The van der Waals surface area contributed by atoms with Gasteiger partial charge in [0.2, 0.25) is 5.78 Å². The number of amides is 2. The van der Waals surface area contributed by atoms with Gasteiger partial charge in [0, 0.05) is 16.7 Å². The number of aromatic nitrogens is 3. The van der Waals surface area contributed by atoms with Crippen LogP contribution in [0, 0.1) is 10.1 Å². The lowest BCUT2D eigenvalue weighted by Gasteiger charge is -2.18. The van der Waals surface area contributed by atoms with Crippen LogP contribution in [0.3, 0.4) is 0 Å². The molecule has 2 amide bonds. The van der Waals surface area contributed by atoms with Gasteiger partial charge in [-0.15, -0.1) is 10.2 Å². The zero-order valence-corrected chi connectivity index (χ0v) is 21.6. The third-order valence-electron chi connectivity index (χ3n) is 6.22. The summed E-state index contributed by atoms with van der Waals surface area (Å²) in [7, 11) is 3.60. The Morgan fingerprint density at radius 3 is 2.13 bits per heavy atom. The Kier molecular flexibility index (Phi) is 6.77. The Balaban J connectivity index is 1.67. The van der Waals surface area contributed by atoms with E-state index in [0.29, 0.717) is 10.8 Å². The van der Waals surface area contributed by atoms with Crippen LogP contribution < -0.4 is 0 Å². The molecule has 3 aromatic carbocycles. The lowest BCUT2D eigenvalue weighted by atomic mass is 9.99. The summed E-state index contributed by atoms with van der Waals surface area (Å²) in [5.74, 6) is -1.07. The highest BCUT2D eigenvalue weighted by Gasteiger charge is 2.37. The largest absolute Gasteiger partial charge is 0.302 e. The monoisotopic (exact) mass is 544 g/mol. The summed E-state index contributed by atoms with van der Waals surface area (Å²) in [6.07, 6.45) is 0. The molecule has 0 fully saturated rings. The molecule has 0 saturated heterocycles. The lowest BCUT2D eigenvalue weighted by Crippen LogP contribution is -2.31. The summed E-state index contributed by atoms with van der Waals surface area (Å²) in [4.78, 5) is 54.1. The third-order valence-corrected chi connectivity index (χ3v) is 6.48. The molecule has 39 heavy (non-hydrogen) atoms. The fourth-order valence-electron chi connectivity index (χ4n) is 4.49. The van der Waals surface area contributed by atoms with E-state index in [2.05, 4.69) is 10.2 Å². The summed E-state index contributed by atoms with van der Waals surface area (Å²) in [5, 5.41) is 21.0. The van der Waals surface area contributed by atoms with E-state index in [4.69, 9.17) is 11.6 Å². The van der Waals surface area contributed by atoms with E-state index < -0.39 is 28.2 Å². The zero-order valence-electron chi connectivity index (χ0n) is 20.9. The van der Waals surface area contributed by atoms with Crippen molar-refractivity contribution in [3.05, 3.63) is 116 Å². The minimum atomic E-state index is -0.632. The van der Waals surface area contributed by atoms with Crippen LogP contribution in [0.15, 0.2) is 66.7 Å². The van der Waals surface area contributed by atoms with E-state index in [0.717, 1.165) is 4.90 Å². The lowest BCUT2D eigenvalue weighted by molar-refractivity contribution is -0.385. The van der Waals surface area contributed by atoms with E-state index in [1.165, 1.54) is 41.0 Å². The molecule has 196 valence electrons. The van der Waals surface area contributed by atoms with Crippen molar-refractivity contribution in [2.24, 2.45) is 0 Å². The number of nitrogens with zero attached hydrogens (tertiary/aromatic N) is 6. The van der Waals surface area contributed by atoms with Crippen LogP contribution in [0.1, 0.15) is 48.3 Å². The number of hydrogen-bond acceptors (Lipinski definition) is 8. The normalized spacial score (nSPS) is 12.8. The van der Waals surface area contributed by atoms with Crippen LogP contribution >= 0.6 is 11.6 Å². The van der Waals surface area contributed by atoms with E-state index in [-0.39, 0.29) is 46.9 Å². The second-order valence-corrected chi connectivity index (χ2v) is 9.55. The number of benzene rings is 3. The van der Waals surface area contributed by atoms with E-state index in [1.807, 2.05) is 4.90 Å². The molecule has 1 aliphatic rings. The molecule has 12 heteroatoms.